The van der Waals surface area contributed by atoms with Gasteiger partial charge in [0.25, 0.3) is 0 Å². The molecule has 0 aromatic heterocycles. The van der Waals surface area contributed by atoms with Crippen LogP contribution in [0.5, 0.6) is 0 Å². The van der Waals surface area contributed by atoms with E-state index in [9.17, 15) is 14.4 Å². The molecule has 3 heteroatoms. The maximum Gasteiger partial charge on any atom is 0.159 e. The summed E-state index contributed by atoms with van der Waals surface area (Å²) in [5, 5.41) is 0. The summed E-state index contributed by atoms with van der Waals surface area (Å²) in [7, 11) is 0. The van der Waals surface area contributed by atoms with E-state index >= 15 is 0 Å². The van der Waals surface area contributed by atoms with Crippen LogP contribution in [0.4, 0.5) is 0 Å². The second-order valence-electron chi connectivity index (χ2n) is 12.2. The molecular formula is C29H42O3. The Morgan fingerprint density at radius 1 is 1.12 bits per heavy atom. The van der Waals surface area contributed by atoms with Crippen molar-refractivity contribution < 1.29 is 14.4 Å². The normalized spacial score (nSPS) is 40.9. The van der Waals surface area contributed by atoms with E-state index in [1.165, 1.54) is 24.0 Å². The first kappa shape index (κ1) is 23.6. The third kappa shape index (κ3) is 3.49. The maximum atomic E-state index is 13.8. The van der Waals surface area contributed by atoms with Gasteiger partial charge in [-0.05, 0) is 98.9 Å². The predicted octanol–water partition coefficient (Wildman–Crippen LogP) is 6.66. The van der Waals surface area contributed by atoms with Crippen LogP contribution in [0.25, 0.3) is 0 Å². The summed E-state index contributed by atoms with van der Waals surface area (Å²) in [6, 6.07) is 0. The summed E-state index contributed by atoms with van der Waals surface area (Å²) in [5.74, 6) is 2.85. The van der Waals surface area contributed by atoms with Crippen molar-refractivity contribution in [2.24, 2.45) is 40.4 Å². The van der Waals surface area contributed by atoms with E-state index in [0.29, 0.717) is 48.1 Å². The van der Waals surface area contributed by atoms with E-state index < -0.39 is 0 Å². The number of fused-ring (bicyclic) bond motifs is 4. The summed E-state index contributed by atoms with van der Waals surface area (Å²) in [5.41, 5.74) is 4.66. The monoisotopic (exact) mass is 438 g/mol. The fourth-order valence-corrected chi connectivity index (χ4v) is 8.50. The Morgan fingerprint density at radius 2 is 1.84 bits per heavy atom. The number of aldehydes is 1. The molecular weight excluding hydrogens is 396 g/mol. The van der Waals surface area contributed by atoms with E-state index in [-0.39, 0.29) is 16.7 Å². The minimum Gasteiger partial charge on any atom is -0.299 e. The van der Waals surface area contributed by atoms with Crippen LogP contribution in [0.15, 0.2) is 22.3 Å². The Labute approximate surface area is 194 Å². The van der Waals surface area contributed by atoms with Crippen LogP contribution >= 0.6 is 0 Å². The molecule has 0 aromatic rings. The summed E-state index contributed by atoms with van der Waals surface area (Å²) >= 11 is 0. The lowest BCUT2D eigenvalue weighted by Gasteiger charge is -2.54. The molecule has 0 amide bonds. The zero-order valence-electron chi connectivity index (χ0n) is 21.1. The van der Waals surface area contributed by atoms with Gasteiger partial charge in [0.2, 0.25) is 0 Å². The van der Waals surface area contributed by atoms with Gasteiger partial charge in [-0.3, -0.25) is 14.4 Å². The second-order valence-corrected chi connectivity index (χ2v) is 12.2. The smallest absolute Gasteiger partial charge is 0.159 e. The Balaban J connectivity index is 1.61. The highest BCUT2D eigenvalue weighted by atomic mass is 16.1. The number of Topliss-reactive ketones (excluding diaryl/α,β-unsaturated/α-hetero) is 2. The lowest BCUT2D eigenvalue weighted by molar-refractivity contribution is -0.133. The van der Waals surface area contributed by atoms with Crippen LogP contribution < -0.4 is 0 Å². The van der Waals surface area contributed by atoms with Gasteiger partial charge >= 0.3 is 0 Å². The van der Waals surface area contributed by atoms with Crippen LogP contribution in [0.1, 0.15) is 99.3 Å². The molecule has 7 atom stereocenters. The zero-order chi connectivity index (χ0) is 23.4. The van der Waals surface area contributed by atoms with Gasteiger partial charge < -0.3 is 0 Å². The van der Waals surface area contributed by atoms with Crippen molar-refractivity contribution in [3.63, 3.8) is 0 Å². The predicted molar refractivity (Wildman–Crippen MR) is 128 cm³/mol. The third-order valence-corrected chi connectivity index (χ3v) is 10.6. The molecule has 0 N–H and O–H groups in total. The van der Waals surface area contributed by atoms with E-state index in [1.807, 2.05) is 6.92 Å². The molecule has 176 valence electrons. The van der Waals surface area contributed by atoms with Crippen molar-refractivity contribution in [1.29, 1.82) is 0 Å². The van der Waals surface area contributed by atoms with Crippen molar-refractivity contribution >= 4 is 17.9 Å². The minimum absolute atomic E-state index is 0.0615. The number of allylic oxidation sites excluding steroid dienone is 4. The topological polar surface area (TPSA) is 51.2 Å². The van der Waals surface area contributed by atoms with Gasteiger partial charge in [0.1, 0.15) is 12.1 Å². The highest BCUT2D eigenvalue weighted by Crippen LogP contribution is 2.65. The molecule has 0 unspecified atom stereocenters. The molecule has 0 heterocycles. The second kappa shape index (κ2) is 8.37. The quantitative estimate of drug-likeness (QED) is 0.356. The Hall–Kier alpha value is -1.51. The first-order valence-electron chi connectivity index (χ1n) is 13.0. The molecule has 3 nitrogen and oxygen atoms in total. The van der Waals surface area contributed by atoms with Crippen molar-refractivity contribution in [2.75, 3.05) is 0 Å². The number of hydrogen-bond acceptors (Lipinski definition) is 3. The van der Waals surface area contributed by atoms with Crippen LogP contribution in [0.2, 0.25) is 0 Å². The molecule has 0 aliphatic heterocycles. The molecule has 32 heavy (non-hydrogen) atoms. The summed E-state index contributed by atoms with van der Waals surface area (Å²) < 4.78 is 0. The van der Waals surface area contributed by atoms with E-state index in [2.05, 4.69) is 34.6 Å². The highest BCUT2D eigenvalue weighted by Gasteiger charge is 2.59. The molecule has 4 aliphatic carbocycles. The first-order valence-corrected chi connectivity index (χ1v) is 13.0. The molecule has 0 saturated heterocycles. The summed E-state index contributed by atoms with van der Waals surface area (Å²) in [6.45, 7) is 13.1. The Bertz CT molecular complexity index is 892. The maximum absolute atomic E-state index is 13.8. The SMILES string of the molecule is C/C(C=O)=C(/C)CC[C@@H](C)[C@H]1CC[C@H]2C3=C(C(=O)C[C@]12C)[C@@]1(C)CCC(=O)[C@@H](C)[C@@H]1CC3. The van der Waals surface area contributed by atoms with Crippen molar-refractivity contribution in [1.82, 2.24) is 0 Å². The lowest BCUT2D eigenvalue weighted by Crippen LogP contribution is -2.50. The van der Waals surface area contributed by atoms with Crippen molar-refractivity contribution in [2.45, 2.75) is 99.3 Å². The number of hydrogen-bond donors (Lipinski definition) is 0. The van der Waals surface area contributed by atoms with Crippen molar-refractivity contribution in [3.8, 4) is 0 Å². The lowest BCUT2D eigenvalue weighted by atomic mass is 9.48. The molecule has 0 bridgehead atoms. The van der Waals surface area contributed by atoms with Gasteiger partial charge in [0, 0.05) is 24.3 Å². The average Bonchev–Trinajstić information content (AvgIpc) is 3.10. The number of rotatable bonds is 5. The van der Waals surface area contributed by atoms with Crippen LogP contribution in [0.3, 0.4) is 0 Å². The third-order valence-electron chi connectivity index (χ3n) is 10.6. The molecule has 0 spiro atoms. The van der Waals surface area contributed by atoms with E-state index in [4.69, 9.17) is 0 Å². The van der Waals surface area contributed by atoms with Gasteiger partial charge in [0.15, 0.2) is 5.78 Å². The van der Waals surface area contributed by atoms with Gasteiger partial charge in [0.05, 0.1) is 0 Å². The van der Waals surface area contributed by atoms with Gasteiger partial charge in [-0.15, -0.1) is 0 Å². The largest absolute Gasteiger partial charge is 0.299 e. The molecule has 0 radical (unpaired) electrons. The van der Waals surface area contributed by atoms with Gasteiger partial charge in [-0.1, -0.05) is 38.8 Å². The molecule has 2 saturated carbocycles. The van der Waals surface area contributed by atoms with Gasteiger partial charge in [-0.2, -0.15) is 0 Å². The van der Waals surface area contributed by atoms with E-state index in [0.717, 1.165) is 49.5 Å². The molecule has 0 aromatic carbocycles. The van der Waals surface area contributed by atoms with Crippen LogP contribution in [-0.2, 0) is 14.4 Å². The number of carbonyl (C=O) groups is 3. The standard InChI is InChI=1S/C29H42O3/c1-17(19(3)16-30)7-8-18(2)22-11-12-24-21-9-10-23-20(4)25(31)13-14-28(23,5)27(21)26(32)15-29(22,24)6/h16,18,20,22-24H,7-15H2,1-6H3/b19-17+/t18-,20+,22-,23+,24+,28+,29-/m1/s1. The van der Waals surface area contributed by atoms with Crippen LogP contribution in [0, 0.1) is 40.4 Å². The highest BCUT2D eigenvalue weighted by molar-refractivity contribution is 6.00. The molecule has 4 aliphatic rings. The first-order chi connectivity index (χ1) is 15.0. The Morgan fingerprint density at radius 3 is 2.53 bits per heavy atom. The van der Waals surface area contributed by atoms with Gasteiger partial charge in [-0.25, -0.2) is 0 Å². The average molecular weight is 439 g/mol. The van der Waals surface area contributed by atoms with Crippen LogP contribution in [-0.4, -0.2) is 17.9 Å². The molecule has 2 fully saturated rings. The Kier molecular flexibility index (Phi) is 6.18. The molecule has 4 rings (SSSR count). The number of carbonyl (C=O) groups excluding carboxylic acids is 3. The zero-order valence-corrected chi connectivity index (χ0v) is 21.1. The minimum atomic E-state index is -0.0999. The summed E-state index contributed by atoms with van der Waals surface area (Å²) in [6.07, 6.45) is 9.68. The fraction of sp³-hybridized carbons (Fsp3) is 0.759. The number of ketones is 2. The van der Waals surface area contributed by atoms with E-state index in [1.54, 1.807) is 0 Å². The fourth-order valence-electron chi connectivity index (χ4n) is 8.50. The summed E-state index contributed by atoms with van der Waals surface area (Å²) in [4.78, 5) is 37.3. The van der Waals surface area contributed by atoms with Crippen molar-refractivity contribution in [3.05, 3.63) is 22.3 Å².